The summed E-state index contributed by atoms with van der Waals surface area (Å²) in [6.45, 7) is 6.62. The molecule has 0 bridgehead atoms. The highest BCUT2D eigenvalue weighted by atomic mass is 15.1. The minimum atomic E-state index is 0.403. The number of nitrogens with two attached hydrogens (primary N) is 1. The second kappa shape index (κ2) is 6.19. The maximum Gasteiger partial charge on any atom is 0.193 e. The van der Waals surface area contributed by atoms with E-state index in [0.717, 1.165) is 16.9 Å². The molecule has 1 heterocycles. The molecule has 4 heteroatoms. The Labute approximate surface area is 119 Å². The molecule has 0 saturated carbocycles. The van der Waals surface area contributed by atoms with Crippen LogP contribution in [0.4, 0.5) is 5.69 Å². The molecule has 2 rings (SSSR count). The molecule has 0 unspecified atom stereocenters. The number of anilines is 1. The quantitative estimate of drug-likeness (QED) is 0.664. The first-order valence-corrected chi connectivity index (χ1v) is 6.60. The summed E-state index contributed by atoms with van der Waals surface area (Å²) in [4.78, 5) is 8.63. The fourth-order valence-electron chi connectivity index (χ4n) is 2.08. The smallest absolute Gasteiger partial charge is 0.193 e. The van der Waals surface area contributed by atoms with Crippen LogP contribution in [0, 0.1) is 20.8 Å². The van der Waals surface area contributed by atoms with Crippen molar-refractivity contribution < 1.29 is 0 Å². The van der Waals surface area contributed by atoms with Gasteiger partial charge in [-0.1, -0.05) is 12.1 Å². The van der Waals surface area contributed by atoms with Crippen LogP contribution in [0.5, 0.6) is 0 Å². The van der Waals surface area contributed by atoms with Gasteiger partial charge in [0.1, 0.15) is 0 Å². The average Bonchev–Trinajstić information content (AvgIpc) is 2.36. The number of aryl methyl sites for hydroxylation is 3. The molecular formula is C16H20N4. The van der Waals surface area contributed by atoms with E-state index in [1.807, 2.05) is 31.2 Å². The van der Waals surface area contributed by atoms with Crippen molar-refractivity contribution in [2.75, 3.05) is 5.32 Å². The predicted molar refractivity (Wildman–Crippen MR) is 83.8 cm³/mol. The van der Waals surface area contributed by atoms with Crippen LogP contribution in [0.2, 0.25) is 0 Å². The molecule has 2 aromatic rings. The van der Waals surface area contributed by atoms with Crippen molar-refractivity contribution in [3.05, 3.63) is 58.9 Å². The van der Waals surface area contributed by atoms with Gasteiger partial charge >= 0.3 is 0 Å². The van der Waals surface area contributed by atoms with E-state index >= 15 is 0 Å². The summed E-state index contributed by atoms with van der Waals surface area (Å²) in [5.41, 5.74) is 11.3. The van der Waals surface area contributed by atoms with Crippen molar-refractivity contribution in [2.24, 2.45) is 10.7 Å². The molecule has 0 radical (unpaired) electrons. The van der Waals surface area contributed by atoms with E-state index in [9.17, 15) is 0 Å². The Hall–Kier alpha value is -2.36. The van der Waals surface area contributed by atoms with Crippen molar-refractivity contribution in [3.63, 3.8) is 0 Å². The second-order valence-electron chi connectivity index (χ2n) is 4.97. The fraction of sp³-hybridized carbons (Fsp3) is 0.250. The number of guanidine groups is 1. The number of nitrogens with zero attached hydrogens (tertiary/aromatic N) is 2. The van der Waals surface area contributed by atoms with Gasteiger partial charge in [-0.05, 0) is 55.7 Å². The van der Waals surface area contributed by atoms with Crippen molar-refractivity contribution in [1.29, 1.82) is 0 Å². The van der Waals surface area contributed by atoms with Gasteiger partial charge in [-0.3, -0.25) is 4.98 Å². The molecule has 20 heavy (non-hydrogen) atoms. The van der Waals surface area contributed by atoms with Crippen LogP contribution in [-0.4, -0.2) is 10.9 Å². The van der Waals surface area contributed by atoms with Crippen LogP contribution in [-0.2, 0) is 6.54 Å². The monoisotopic (exact) mass is 268 g/mol. The number of hydrogen-bond donors (Lipinski definition) is 2. The third kappa shape index (κ3) is 3.82. The number of aromatic nitrogens is 1. The maximum atomic E-state index is 5.91. The Bertz CT molecular complexity index is 612. The minimum absolute atomic E-state index is 0.403. The zero-order valence-electron chi connectivity index (χ0n) is 12.1. The Kier molecular flexibility index (Phi) is 4.35. The van der Waals surface area contributed by atoms with Gasteiger partial charge in [-0.2, -0.15) is 0 Å². The average molecular weight is 268 g/mol. The van der Waals surface area contributed by atoms with Crippen LogP contribution >= 0.6 is 0 Å². The van der Waals surface area contributed by atoms with Gasteiger partial charge in [-0.25, -0.2) is 4.99 Å². The van der Waals surface area contributed by atoms with E-state index in [4.69, 9.17) is 5.73 Å². The van der Waals surface area contributed by atoms with Crippen LogP contribution in [0.15, 0.2) is 41.5 Å². The number of pyridine rings is 1. The van der Waals surface area contributed by atoms with Gasteiger partial charge in [0.15, 0.2) is 5.96 Å². The molecule has 4 nitrogen and oxygen atoms in total. The van der Waals surface area contributed by atoms with Gasteiger partial charge in [-0.15, -0.1) is 0 Å². The van der Waals surface area contributed by atoms with E-state index in [-0.39, 0.29) is 0 Å². The lowest BCUT2D eigenvalue weighted by atomic mass is 10.1. The largest absolute Gasteiger partial charge is 0.370 e. The van der Waals surface area contributed by atoms with Gasteiger partial charge in [0.05, 0.1) is 12.2 Å². The summed E-state index contributed by atoms with van der Waals surface area (Å²) in [6, 6.07) is 10.1. The van der Waals surface area contributed by atoms with Crippen molar-refractivity contribution in [3.8, 4) is 0 Å². The third-order valence-electron chi connectivity index (χ3n) is 3.01. The number of benzene rings is 1. The second-order valence-corrected chi connectivity index (χ2v) is 4.97. The van der Waals surface area contributed by atoms with E-state index < -0.39 is 0 Å². The highest BCUT2D eigenvalue weighted by Gasteiger charge is 2.00. The first-order valence-electron chi connectivity index (χ1n) is 6.60. The van der Waals surface area contributed by atoms with Crippen LogP contribution < -0.4 is 11.1 Å². The lowest BCUT2D eigenvalue weighted by Crippen LogP contribution is -2.22. The summed E-state index contributed by atoms with van der Waals surface area (Å²) >= 11 is 0. The molecule has 104 valence electrons. The normalized spacial score (nSPS) is 11.4. The zero-order chi connectivity index (χ0) is 14.5. The van der Waals surface area contributed by atoms with Crippen molar-refractivity contribution in [2.45, 2.75) is 27.3 Å². The molecule has 3 N–H and O–H groups in total. The van der Waals surface area contributed by atoms with E-state index in [0.29, 0.717) is 12.5 Å². The maximum absolute atomic E-state index is 5.91. The summed E-state index contributed by atoms with van der Waals surface area (Å²) in [5.74, 6) is 0.403. The molecule has 0 spiro atoms. The number of aliphatic imine (C=N–C) groups is 1. The third-order valence-corrected chi connectivity index (χ3v) is 3.01. The van der Waals surface area contributed by atoms with Gasteiger partial charge in [0.25, 0.3) is 0 Å². The highest BCUT2D eigenvalue weighted by molar-refractivity contribution is 5.92. The molecule has 0 aliphatic carbocycles. The lowest BCUT2D eigenvalue weighted by Gasteiger charge is -2.08. The Morgan fingerprint density at radius 1 is 1.20 bits per heavy atom. The molecule has 1 aromatic carbocycles. The van der Waals surface area contributed by atoms with Crippen molar-refractivity contribution >= 4 is 11.6 Å². The Morgan fingerprint density at radius 2 is 1.90 bits per heavy atom. The topological polar surface area (TPSA) is 63.3 Å². The molecule has 1 aromatic heterocycles. The van der Waals surface area contributed by atoms with Gasteiger partial charge in [0, 0.05) is 11.9 Å². The molecule has 0 fully saturated rings. The Morgan fingerprint density at radius 3 is 2.55 bits per heavy atom. The minimum Gasteiger partial charge on any atom is -0.370 e. The molecule has 0 aliphatic heterocycles. The van der Waals surface area contributed by atoms with Crippen molar-refractivity contribution in [1.82, 2.24) is 4.98 Å². The molecular weight excluding hydrogens is 248 g/mol. The molecule has 0 amide bonds. The molecule has 0 aliphatic rings. The first-order chi connectivity index (χ1) is 9.54. The summed E-state index contributed by atoms with van der Waals surface area (Å²) in [6.07, 6.45) is 1.77. The van der Waals surface area contributed by atoms with E-state index in [1.165, 1.54) is 11.1 Å². The number of nitrogens with one attached hydrogen (secondary N) is 1. The molecule has 0 saturated heterocycles. The van der Waals surface area contributed by atoms with Crippen LogP contribution in [0.1, 0.15) is 22.4 Å². The van der Waals surface area contributed by atoms with Gasteiger partial charge in [0.2, 0.25) is 0 Å². The summed E-state index contributed by atoms with van der Waals surface area (Å²) < 4.78 is 0. The summed E-state index contributed by atoms with van der Waals surface area (Å²) in [7, 11) is 0. The molecule has 0 atom stereocenters. The van der Waals surface area contributed by atoms with Gasteiger partial charge < -0.3 is 11.1 Å². The SMILES string of the molecule is Cc1cc(C)cc(NC(N)=NCc2ncccc2C)c1. The zero-order valence-corrected chi connectivity index (χ0v) is 12.1. The highest BCUT2D eigenvalue weighted by Crippen LogP contribution is 2.13. The predicted octanol–water partition coefficient (Wildman–Crippen LogP) is 2.93. The number of hydrogen-bond acceptors (Lipinski definition) is 2. The standard InChI is InChI=1S/C16H20N4/c1-11-7-12(2)9-14(8-11)20-16(17)19-10-15-13(3)5-4-6-18-15/h4-9H,10H2,1-3H3,(H3,17,19,20). The number of rotatable bonds is 3. The van der Waals surface area contributed by atoms with Crippen LogP contribution in [0.25, 0.3) is 0 Å². The Balaban J connectivity index is 2.06. The first kappa shape index (κ1) is 14.1. The van der Waals surface area contributed by atoms with E-state index in [2.05, 4.69) is 35.2 Å². The summed E-state index contributed by atoms with van der Waals surface area (Å²) in [5, 5.41) is 3.11. The van der Waals surface area contributed by atoms with Crippen LogP contribution in [0.3, 0.4) is 0 Å². The van der Waals surface area contributed by atoms with E-state index in [1.54, 1.807) is 6.20 Å². The fourth-order valence-corrected chi connectivity index (χ4v) is 2.08. The lowest BCUT2D eigenvalue weighted by molar-refractivity contribution is 0.964.